The molecule has 0 saturated heterocycles. The smallest absolute Gasteiger partial charge is 0.265 e. The Kier molecular flexibility index (Phi) is 7.32. The Morgan fingerprint density at radius 2 is 2.15 bits per heavy atom. The predicted molar refractivity (Wildman–Crippen MR) is 85.6 cm³/mol. The minimum absolute atomic E-state index is 0.132. The first kappa shape index (κ1) is 16.7. The highest BCUT2D eigenvalue weighted by molar-refractivity contribution is 7.18. The summed E-state index contributed by atoms with van der Waals surface area (Å²) in [4.78, 5) is 18.8. The molecule has 0 radical (unpaired) electrons. The number of nitrogens with two attached hydrogens (primary N) is 1. The molecule has 0 atom stereocenters. The molecule has 6 nitrogen and oxygen atoms in total. The molecule has 1 heterocycles. The van der Waals surface area contributed by atoms with E-state index in [9.17, 15) is 4.79 Å². The topological polar surface area (TPSA) is 83.3 Å². The van der Waals surface area contributed by atoms with Gasteiger partial charge in [0.25, 0.3) is 5.91 Å². The van der Waals surface area contributed by atoms with E-state index in [2.05, 4.69) is 29.5 Å². The van der Waals surface area contributed by atoms with Gasteiger partial charge in [-0.25, -0.2) is 4.98 Å². The highest BCUT2D eigenvalue weighted by Gasteiger charge is 2.17. The fraction of sp³-hybridized carbons (Fsp3) is 0.692. The molecule has 0 aliphatic heterocycles. The zero-order valence-electron chi connectivity index (χ0n) is 12.5. The maximum Gasteiger partial charge on any atom is 0.265 e. The number of rotatable bonds is 9. The molecule has 0 saturated carbocycles. The number of nitrogens with zero attached hydrogens (tertiary/aromatic N) is 2. The summed E-state index contributed by atoms with van der Waals surface area (Å²) < 4.78 is 0. The van der Waals surface area contributed by atoms with E-state index >= 15 is 0 Å². The summed E-state index contributed by atoms with van der Waals surface area (Å²) >= 11 is 1.35. The molecular formula is C13H25N5OS. The quantitative estimate of drug-likeness (QED) is 0.599. The number of carbonyl (C=O) groups excluding carboxylic acids is 1. The lowest BCUT2D eigenvalue weighted by Gasteiger charge is -2.13. The molecular weight excluding hydrogens is 274 g/mol. The maximum absolute atomic E-state index is 12.0. The molecule has 4 N–H and O–H groups in total. The second-order valence-corrected chi connectivity index (χ2v) is 5.57. The van der Waals surface area contributed by atoms with Crippen LogP contribution in [0.15, 0.2) is 0 Å². The fourth-order valence-corrected chi connectivity index (χ4v) is 2.64. The first-order valence-electron chi connectivity index (χ1n) is 7.06. The molecule has 1 amide bonds. The van der Waals surface area contributed by atoms with Gasteiger partial charge in [-0.2, -0.15) is 0 Å². The maximum atomic E-state index is 12.0. The third-order valence-electron chi connectivity index (χ3n) is 2.80. The monoisotopic (exact) mass is 299 g/mol. The summed E-state index contributed by atoms with van der Waals surface area (Å²) in [6.07, 6.45) is 1.93. The molecule has 1 aromatic rings. The zero-order chi connectivity index (χ0) is 15.0. The minimum Gasteiger partial charge on any atom is -0.382 e. The van der Waals surface area contributed by atoms with E-state index in [-0.39, 0.29) is 5.91 Å². The fourth-order valence-electron chi connectivity index (χ4n) is 1.75. The van der Waals surface area contributed by atoms with Gasteiger partial charge < -0.3 is 21.3 Å². The second kappa shape index (κ2) is 8.76. The molecule has 20 heavy (non-hydrogen) atoms. The van der Waals surface area contributed by atoms with Gasteiger partial charge in [0.2, 0.25) is 0 Å². The van der Waals surface area contributed by atoms with Crippen LogP contribution in [0.2, 0.25) is 0 Å². The number of anilines is 2. The Balaban J connectivity index is 2.51. The molecule has 0 aromatic carbocycles. The summed E-state index contributed by atoms with van der Waals surface area (Å²) in [6.45, 7) is 7.55. The van der Waals surface area contributed by atoms with Crippen molar-refractivity contribution in [3.05, 3.63) is 4.88 Å². The molecule has 7 heteroatoms. The number of nitrogen functional groups attached to an aromatic ring is 1. The van der Waals surface area contributed by atoms with E-state index < -0.39 is 0 Å². The molecule has 0 unspecified atom stereocenters. The van der Waals surface area contributed by atoms with E-state index in [0.717, 1.165) is 37.6 Å². The summed E-state index contributed by atoms with van der Waals surface area (Å²) in [6, 6.07) is 0. The lowest BCUT2D eigenvalue weighted by atomic mass is 10.4. The Labute approximate surface area is 124 Å². The van der Waals surface area contributed by atoms with Gasteiger partial charge in [-0.3, -0.25) is 4.79 Å². The SMILES string of the molecule is CCCN(C)c1nc(N)c(C(=O)NCCCNCC)s1. The third-order valence-corrected chi connectivity index (χ3v) is 3.98. The summed E-state index contributed by atoms with van der Waals surface area (Å²) in [5.74, 6) is 0.185. The van der Waals surface area contributed by atoms with Crippen molar-refractivity contribution in [1.82, 2.24) is 15.6 Å². The standard InChI is InChI=1S/C13H25N5OS/c1-4-9-18(3)13-17-11(14)10(20-13)12(19)16-8-6-7-15-5-2/h15H,4-9,14H2,1-3H3,(H,16,19). The van der Waals surface area contributed by atoms with Crippen molar-refractivity contribution < 1.29 is 4.79 Å². The van der Waals surface area contributed by atoms with Gasteiger partial charge in [-0.05, 0) is 25.9 Å². The van der Waals surface area contributed by atoms with Gasteiger partial charge in [-0.15, -0.1) is 0 Å². The number of nitrogens with one attached hydrogen (secondary N) is 2. The summed E-state index contributed by atoms with van der Waals surface area (Å²) in [7, 11) is 1.96. The first-order chi connectivity index (χ1) is 9.60. The van der Waals surface area contributed by atoms with E-state index in [0.29, 0.717) is 17.2 Å². The van der Waals surface area contributed by atoms with E-state index in [1.165, 1.54) is 11.3 Å². The van der Waals surface area contributed by atoms with Gasteiger partial charge in [0.05, 0.1) is 0 Å². The van der Waals surface area contributed by atoms with Crippen LogP contribution >= 0.6 is 11.3 Å². The van der Waals surface area contributed by atoms with E-state index in [1.807, 2.05) is 11.9 Å². The van der Waals surface area contributed by atoms with Crippen LogP contribution in [0.3, 0.4) is 0 Å². The Hall–Kier alpha value is -1.34. The largest absolute Gasteiger partial charge is 0.382 e. The number of carbonyl (C=O) groups is 1. The second-order valence-electron chi connectivity index (χ2n) is 4.60. The van der Waals surface area contributed by atoms with Gasteiger partial charge >= 0.3 is 0 Å². The average molecular weight is 299 g/mol. The Morgan fingerprint density at radius 1 is 1.40 bits per heavy atom. The van der Waals surface area contributed by atoms with Crippen molar-refractivity contribution in [2.75, 3.05) is 43.9 Å². The Morgan fingerprint density at radius 3 is 2.80 bits per heavy atom. The lowest BCUT2D eigenvalue weighted by molar-refractivity contribution is 0.0958. The Bertz CT molecular complexity index is 421. The van der Waals surface area contributed by atoms with Gasteiger partial charge in [0, 0.05) is 20.1 Å². The van der Waals surface area contributed by atoms with Crippen LogP contribution in [-0.4, -0.2) is 44.1 Å². The third kappa shape index (κ3) is 4.97. The van der Waals surface area contributed by atoms with Crippen molar-refractivity contribution in [3.63, 3.8) is 0 Å². The highest BCUT2D eigenvalue weighted by atomic mass is 32.1. The summed E-state index contributed by atoms with van der Waals surface area (Å²) in [5, 5.41) is 6.88. The lowest BCUT2D eigenvalue weighted by Crippen LogP contribution is -2.27. The first-order valence-corrected chi connectivity index (χ1v) is 7.88. The van der Waals surface area contributed by atoms with Crippen LogP contribution in [0, 0.1) is 0 Å². The number of amides is 1. The molecule has 1 rings (SSSR count). The molecule has 0 fully saturated rings. The van der Waals surface area contributed by atoms with E-state index in [4.69, 9.17) is 5.73 Å². The van der Waals surface area contributed by atoms with Gasteiger partial charge in [0.1, 0.15) is 10.7 Å². The minimum atomic E-state index is -0.132. The van der Waals surface area contributed by atoms with Crippen LogP contribution < -0.4 is 21.3 Å². The van der Waals surface area contributed by atoms with Crippen LogP contribution in [0.25, 0.3) is 0 Å². The van der Waals surface area contributed by atoms with E-state index in [1.54, 1.807) is 0 Å². The molecule has 0 spiro atoms. The predicted octanol–water partition coefficient (Wildman–Crippen LogP) is 1.30. The molecule has 1 aromatic heterocycles. The molecule has 114 valence electrons. The molecule has 0 aliphatic carbocycles. The van der Waals surface area contributed by atoms with Crippen molar-refractivity contribution in [2.45, 2.75) is 26.7 Å². The number of hydrogen-bond acceptors (Lipinski definition) is 6. The van der Waals surface area contributed by atoms with Crippen molar-refractivity contribution in [2.24, 2.45) is 0 Å². The average Bonchev–Trinajstić information content (AvgIpc) is 2.81. The molecule has 0 aliphatic rings. The number of thiazole rings is 1. The van der Waals surface area contributed by atoms with Gasteiger partial charge in [0.15, 0.2) is 5.13 Å². The van der Waals surface area contributed by atoms with Crippen LogP contribution in [-0.2, 0) is 0 Å². The number of hydrogen-bond donors (Lipinski definition) is 3. The van der Waals surface area contributed by atoms with Crippen molar-refractivity contribution in [3.8, 4) is 0 Å². The summed E-state index contributed by atoms with van der Waals surface area (Å²) in [5.41, 5.74) is 5.83. The van der Waals surface area contributed by atoms with Gasteiger partial charge in [-0.1, -0.05) is 25.2 Å². The van der Waals surface area contributed by atoms with Crippen LogP contribution in [0.1, 0.15) is 36.4 Å². The highest BCUT2D eigenvalue weighted by Crippen LogP contribution is 2.27. The number of aromatic nitrogens is 1. The normalized spacial score (nSPS) is 10.6. The van der Waals surface area contributed by atoms with Crippen molar-refractivity contribution >= 4 is 28.2 Å². The van der Waals surface area contributed by atoms with Crippen LogP contribution in [0.5, 0.6) is 0 Å². The van der Waals surface area contributed by atoms with Crippen LogP contribution in [0.4, 0.5) is 10.9 Å². The molecule has 0 bridgehead atoms. The van der Waals surface area contributed by atoms with Crippen molar-refractivity contribution in [1.29, 1.82) is 0 Å². The zero-order valence-corrected chi connectivity index (χ0v) is 13.3.